The molecule has 31 heavy (non-hydrogen) atoms. The second-order valence-corrected chi connectivity index (χ2v) is 7.18. The van der Waals surface area contributed by atoms with Gasteiger partial charge < -0.3 is 0 Å². The number of hydrogen-bond acceptors (Lipinski definition) is 7. The Labute approximate surface area is 178 Å². The van der Waals surface area contributed by atoms with Gasteiger partial charge in [0.15, 0.2) is 22.5 Å². The summed E-state index contributed by atoms with van der Waals surface area (Å²) in [5, 5.41) is 10.9. The van der Waals surface area contributed by atoms with Crippen LogP contribution in [0.1, 0.15) is 16.1 Å². The van der Waals surface area contributed by atoms with E-state index in [1.54, 1.807) is 60.7 Å². The second-order valence-electron chi connectivity index (χ2n) is 6.24. The monoisotopic (exact) mass is 442 g/mol. The molecule has 0 fully saturated rings. The number of Topliss-reactive ketones (excluding diaryl/α,β-unsaturated/α-hetero) is 1. The van der Waals surface area contributed by atoms with E-state index in [2.05, 4.69) is 25.5 Å². The first kappa shape index (κ1) is 20.7. The molecule has 0 unspecified atom stereocenters. The quantitative estimate of drug-likeness (QED) is 0.252. The normalized spacial score (nSPS) is 11.5. The van der Waals surface area contributed by atoms with Gasteiger partial charge >= 0.3 is 6.18 Å². The number of tetrazole rings is 1. The second kappa shape index (κ2) is 8.64. The number of alkyl halides is 3. The van der Waals surface area contributed by atoms with Crippen molar-refractivity contribution in [2.75, 3.05) is 5.75 Å². The van der Waals surface area contributed by atoms with Gasteiger partial charge in [-0.3, -0.25) is 4.79 Å². The fourth-order valence-corrected chi connectivity index (χ4v) is 3.46. The van der Waals surface area contributed by atoms with Crippen LogP contribution >= 0.6 is 11.8 Å². The van der Waals surface area contributed by atoms with Crippen LogP contribution in [0.15, 0.2) is 72.0 Å². The van der Waals surface area contributed by atoms with E-state index in [0.29, 0.717) is 11.3 Å². The Bertz CT molecular complexity index is 1200. The first-order valence-corrected chi connectivity index (χ1v) is 9.91. The number of hydrogen-bond donors (Lipinski definition) is 0. The van der Waals surface area contributed by atoms with E-state index < -0.39 is 11.9 Å². The number of ketones is 1. The zero-order valence-corrected chi connectivity index (χ0v) is 16.5. The molecule has 11 heteroatoms. The van der Waals surface area contributed by atoms with Crippen molar-refractivity contribution >= 4 is 17.5 Å². The highest BCUT2D eigenvalue weighted by Gasteiger charge is 2.38. The molecule has 0 saturated heterocycles. The number of carbonyl (C=O) groups excluding carboxylic acids is 1. The summed E-state index contributed by atoms with van der Waals surface area (Å²) in [6.45, 7) is 0. The van der Waals surface area contributed by atoms with Gasteiger partial charge in [-0.05, 0) is 22.6 Å². The van der Waals surface area contributed by atoms with Crippen molar-refractivity contribution in [1.82, 2.24) is 30.2 Å². The van der Waals surface area contributed by atoms with Crippen LogP contribution in [-0.2, 0) is 6.18 Å². The minimum atomic E-state index is -4.77. The van der Waals surface area contributed by atoms with Crippen LogP contribution < -0.4 is 0 Å². The van der Waals surface area contributed by atoms with Gasteiger partial charge in [-0.25, -0.2) is 9.97 Å². The number of aromatic nitrogens is 6. The van der Waals surface area contributed by atoms with Crippen LogP contribution in [-0.4, -0.2) is 41.7 Å². The van der Waals surface area contributed by atoms with Gasteiger partial charge in [-0.15, -0.1) is 5.10 Å². The molecule has 2 aromatic heterocycles. The number of rotatable bonds is 6. The Morgan fingerprint density at radius 3 is 2.35 bits per heavy atom. The molecular formula is C20H13F3N6OS. The van der Waals surface area contributed by atoms with Gasteiger partial charge in [-0.1, -0.05) is 60.3 Å². The standard InChI is InChI=1S/C20H13F3N6OS/c21-20(22,23)17-15(18-26-27-28-29(18)14-9-5-2-6-10-14)11-24-19(25-17)31-12-16(30)13-7-3-1-4-8-13/h1-11H,12H2. The fourth-order valence-electron chi connectivity index (χ4n) is 2.75. The molecule has 2 heterocycles. The molecule has 0 aliphatic heterocycles. The van der Waals surface area contributed by atoms with Crippen LogP contribution in [0, 0.1) is 0 Å². The summed E-state index contributed by atoms with van der Waals surface area (Å²) in [7, 11) is 0. The van der Waals surface area contributed by atoms with E-state index in [1.165, 1.54) is 4.68 Å². The van der Waals surface area contributed by atoms with Crippen molar-refractivity contribution in [1.29, 1.82) is 0 Å². The molecule has 0 radical (unpaired) electrons. The zero-order chi connectivity index (χ0) is 21.8. The molecule has 0 amide bonds. The zero-order valence-electron chi connectivity index (χ0n) is 15.7. The molecule has 4 aromatic rings. The fraction of sp³-hybridized carbons (Fsp3) is 0.100. The SMILES string of the molecule is O=C(CSc1ncc(-c2nnnn2-c2ccccc2)c(C(F)(F)F)n1)c1ccccc1. The van der Waals surface area contributed by atoms with Crippen molar-refractivity contribution in [3.8, 4) is 17.1 Å². The summed E-state index contributed by atoms with van der Waals surface area (Å²) in [6.07, 6.45) is -3.75. The van der Waals surface area contributed by atoms with E-state index >= 15 is 0 Å². The average molecular weight is 442 g/mol. The van der Waals surface area contributed by atoms with Crippen LogP contribution in [0.2, 0.25) is 0 Å². The molecular weight excluding hydrogens is 429 g/mol. The maximum absolute atomic E-state index is 13.8. The first-order chi connectivity index (χ1) is 14.9. The maximum atomic E-state index is 13.8. The van der Waals surface area contributed by atoms with Gasteiger partial charge in [0.1, 0.15) is 0 Å². The van der Waals surface area contributed by atoms with Crippen molar-refractivity contribution in [3.05, 3.63) is 78.1 Å². The molecule has 0 atom stereocenters. The molecule has 0 aliphatic carbocycles. The predicted molar refractivity (Wildman–Crippen MR) is 107 cm³/mol. The summed E-state index contributed by atoms with van der Waals surface area (Å²) in [4.78, 5) is 19.9. The van der Waals surface area contributed by atoms with Gasteiger partial charge in [0.05, 0.1) is 17.0 Å². The summed E-state index contributed by atoms with van der Waals surface area (Å²) in [5.41, 5.74) is -0.587. The van der Waals surface area contributed by atoms with Crippen molar-refractivity contribution in [2.24, 2.45) is 0 Å². The molecule has 7 nitrogen and oxygen atoms in total. The molecule has 2 aromatic carbocycles. The highest BCUT2D eigenvalue weighted by molar-refractivity contribution is 7.99. The summed E-state index contributed by atoms with van der Waals surface area (Å²) >= 11 is 0.830. The molecule has 0 N–H and O–H groups in total. The van der Waals surface area contributed by atoms with Crippen molar-refractivity contribution in [2.45, 2.75) is 11.3 Å². The topological polar surface area (TPSA) is 86.5 Å². The van der Waals surface area contributed by atoms with Gasteiger partial charge in [0, 0.05) is 11.8 Å². The molecule has 0 saturated carbocycles. The minimum Gasteiger partial charge on any atom is -0.293 e. The Kier molecular flexibility index (Phi) is 5.76. The highest BCUT2D eigenvalue weighted by Crippen LogP contribution is 2.36. The lowest BCUT2D eigenvalue weighted by molar-refractivity contribution is -0.141. The Morgan fingerprint density at radius 1 is 1.00 bits per heavy atom. The first-order valence-electron chi connectivity index (χ1n) is 8.93. The number of nitrogens with zero attached hydrogens (tertiary/aromatic N) is 6. The Balaban J connectivity index is 1.65. The summed E-state index contributed by atoms with van der Waals surface area (Å²) in [6, 6.07) is 17.0. The van der Waals surface area contributed by atoms with Crippen LogP contribution in [0.5, 0.6) is 0 Å². The van der Waals surface area contributed by atoms with Gasteiger partial charge in [0.25, 0.3) is 0 Å². The number of para-hydroxylation sites is 1. The van der Waals surface area contributed by atoms with Gasteiger partial charge in [-0.2, -0.15) is 17.9 Å². The predicted octanol–water partition coefficient (Wildman–Crippen LogP) is 4.11. The smallest absolute Gasteiger partial charge is 0.293 e. The number of benzene rings is 2. The molecule has 156 valence electrons. The molecule has 4 rings (SSSR count). The Hall–Kier alpha value is -3.60. The lowest BCUT2D eigenvalue weighted by Gasteiger charge is -2.12. The van der Waals surface area contributed by atoms with E-state index in [0.717, 1.165) is 18.0 Å². The van der Waals surface area contributed by atoms with Crippen molar-refractivity contribution < 1.29 is 18.0 Å². The van der Waals surface area contributed by atoms with Crippen LogP contribution in [0.4, 0.5) is 13.2 Å². The van der Waals surface area contributed by atoms with E-state index in [4.69, 9.17) is 0 Å². The third-order valence-corrected chi connectivity index (χ3v) is 5.04. The third-order valence-electron chi connectivity index (χ3n) is 4.17. The van der Waals surface area contributed by atoms with Crippen LogP contribution in [0.25, 0.3) is 17.1 Å². The van der Waals surface area contributed by atoms with E-state index in [-0.39, 0.29) is 28.1 Å². The molecule has 0 aliphatic rings. The van der Waals surface area contributed by atoms with Crippen molar-refractivity contribution in [3.63, 3.8) is 0 Å². The summed E-state index contributed by atoms with van der Waals surface area (Å²) in [5.74, 6) is -0.474. The maximum Gasteiger partial charge on any atom is 0.434 e. The number of carbonyl (C=O) groups is 1. The lowest BCUT2D eigenvalue weighted by atomic mass is 10.2. The number of thioether (sulfide) groups is 1. The summed E-state index contributed by atoms with van der Waals surface area (Å²) < 4.78 is 42.5. The van der Waals surface area contributed by atoms with Gasteiger partial charge in [0.2, 0.25) is 0 Å². The third kappa shape index (κ3) is 4.61. The van der Waals surface area contributed by atoms with E-state index in [9.17, 15) is 18.0 Å². The largest absolute Gasteiger partial charge is 0.434 e. The number of halogens is 3. The van der Waals surface area contributed by atoms with Crippen LogP contribution in [0.3, 0.4) is 0 Å². The molecule has 0 spiro atoms. The Morgan fingerprint density at radius 2 is 1.68 bits per heavy atom. The van der Waals surface area contributed by atoms with E-state index in [1.807, 2.05) is 0 Å². The average Bonchev–Trinajstić information content (AvgIpc) is 3.28. The lowest BCUT2D eigenvalue weighted by Crippen LogP contribution is -2.14. The minimum absolute atomic E-state index is 0.0948. The highest BCUT2D eigenvalue weighted by atomic mass is 32.2. The molecule has 0 bridgehead atoms.